The Hall–Kier alpha value is -2.40. The number of hydrogen-bond donors (Lipinski definition) is 2. The smallest absolute Gasteiger partial charge is 0.160 e. The molecule has 2 aromatic rings. The van der Waals surface area contributed by atoms with Gasteiger partial charge in [-0.25, -0.2) is 0 Å². The topological polar surface area (TPSA) is 54.0 Å². The summed E-state index contributed by atoms with van der Waals surface area (Å²) in [6.45, 7) is 3.78. The van der Waals surface area contributed by atoms with Gasteiger partial charge in [-0.05, 0) is 42.2 Å². The molecule has 0 amide bonds. The third-order valence-electron chi connectivity index (χ3n) is 4.72. The number of benzene rings is 2. The van der Waals surface area contributed by atoms with Crippen LogP contribution in [0.5, 0.6) is 17.2 Å². The van der Waals surface area contributed by atoms with Gasteiger partial charge < -0.3 is 24.8 Å². The van der Waals surface area contributed by atoms with E-state index < -0.39 is 0 Å². The van der Waals surface area contributed by atoms with Crippen molar-refractivity contribution in [2.45, 2.75) is 13.0 Å². The Kier molecular flexibility index (Phi) is 5.66. The quantitative estimate of drug-likeness (QED) is 0.810. The van der Waals surface area contributed by atoms with E-state index in [1.165, 1.54) is 12.1 Å². The van der Waals surface area contributed by atoms with Gasteiger partial charge in [0, 0.05) is 26.2 Å². The summed E-state index contributed by atoms with van der Waals surface area (Å²) < 4.78 is 10.5. The Morgan fingerprint density at radius 3 is 2.68 bits per heavy atom. The molecule has 1 aliphatic rings. The lowest BCUT2D eigenvalue weighted by atomic mass is 10.1. The first-order valence-electron chi connectivity index (χ1n) is 8.66. The predicted molar refractivity (Wildman–Crippen MR) is 99.7 cm³/mol. The molecule has 1 aliphatic heterocycles. The average molecular weight is 342 g/mol. The maximum atomic E-state index is 9.84. The Balaban J connectivity index is 1.50. The highest BCUT2D eigenvalue weighted by atomic mass is 16.5. The van der Waals surface area contributed by atoms with E-state index >= 15 is 0 Å². The molecule has 3 rings (SSSR count). The number of rotatable bonds is 7. The van der Waals surface area contributed by atoms with E-state index in [0.717, 1.165) is 37.5 Å². The van der Waals surface area contributed by atoms with Gasteiger partial charge in [0.05, 0.1) is 19.9 Å². The van der Waals surface area contributed by atoms with Crippen molar-refractivity contribution in [3.8, 4) is 17.2 Å². The van der Waals surface area contributed by atoms with Crippen LogP contribution in [0.4, 0.5) is 5.69 Å². The van der Waals surface area contributed by atoms with Gasteiger partial charge in [-0.1, -0.05) is 18.2 Å². The molecule has 1 fully saturated rings. The Morgan fingerprint density at radius 2 is 1.92 bits per heavy atom. The fraction of sp³-hybridized carbons (Fsp3) is 0.400. The summed E-state index contributed by atoms with van der Waals surface area (Å²) in [5, 5.41) is 13.3. The number of para-hydroxylation sites is 2. The van der Waals surface area contributed by atoms with Gasteiger partial charge in [-0.15, -0.1) is 0 Å². The molecule has 2 aromatic carbocycles. The van der Waals surface area contributed by atoms with Crippen molar-refractivity contribution in [1.82, 2.24) is 5.32 Å². The highest BCUT2D eigenvalue weighted by Gasteiger charge is 2.24. The van der Waals surface area contributed by atoms with Crippen LogP contribution in [0.25, 0.3) is 0 Å². The standard InChI is InChI=1S/C20H26N2O3/c1-24-19-6-4-3-5-17(19)22-10-9-16(14-22)13-21-12-15-7-8-20(25-2)18(23)11-15/h3-8,11,16,21,23H,9-10,12-14H2,1-2H3/t16-/m0/s1. The zero-order chi connectivity index (χ0) is 17.6. The lowest BCUT2D eigenvalue weighted by Gasteiger charge is -2.21. The third-order valence-corrected chi connectivity index (χ3v) is 4.72. The largest absolute Gasteiger partial charge is 0.504 e. The maximum absolute atomic E-state index is 9.84. The van der Waals surface area contributed by atoms with E-state index in [2.05, 4.69) is 22.3 Å². The molecule has 1 heterocycles. The first-order chi connectivity index (χ1) is 12.2. The van der Waals surface area contributed by atoms with E-state index in [-0.39, 0.29) is 5.75 Å². The number of phenolic OH excluding ortho intramolecular Hbond substituents is 1. The second-order valence-corrected chi connectivity index (χ2v) is 6.41. The monoisotopic (exact) mass is 342 g/mol. The van der Waals surface area contributed by atoms with Gasteiger partial charge in [0.2, 0.25) is 0 Å². The van der Waals surface area contributed by atoms with Crippen LogP contribution in [0.3, 0.4) is 0 Å². The summed E-state index contributed by atoms with van der Waals surface area (Å²) in [6, 6.07) is 13.7. The highest BCUT2D eigenvalue weighted by Crippen LogP contribution is 2.32. The molecular formula is C20H26N2O3. The van der Waals surface area contributed by atoms with Crippen molar-refractivity contribution in [3.63, 3.8) is 0 Å². The summed E-state index contributed by atoms with van der Waals surface area (Å²) in [7, 11) is 3.28. The molecular weight excluding hydrogens is 316 g/mol. The van der Waals surface area contributed by atoms with Crippen LogP contribution in [0, 0.1) is 5.92 Å². The van der Waals surface area contributed by atoms with Crippen LogP contribution in [-0.2, 0) is 6.54 Å². The van der Waals surface area contributed by atoms with Gasteiger partial charge >= 0.3 is 0 Å². The van der Waals surface area contributed by atoms with Crippen LogP contribution in [0.15, 0.2) is 42.5 Å². The lowest BCUT2D eigenvalue weighted by molar-refractivity contribution is 0.373. The second kappa shape index (κ2) is 8.12. The molecule has 1 saturated heterocycles. The number of anilines is 1. The summed E-state index contributed by atoms with van der Waals surface area (Å²) in [5.41, 5.74) is 2.23. The SMILES string of the molecule is COc1ccc(CNC[C@@H]2CCN(c3ccccc3OC)C2)cc1O. The summed E-state index contributed by atoms with van der Waals surface area (Å²) in [5.74, 6) is 2.23. The number of aromatic hydroxyl groups is 1. The molecule has 0 saturated carbocycles. The minimum Gasteiger partial charge on any atom is -0.504 e. The Bertz CT molecular complexity index is 705. The van der Waals surface area contributed by atoms with Crippen LogP contribution < -0.4 is 19.7 Å². The van der Waals surface area contributed by atoms with E-state index in [4.69, 9.17) is 9.47 Å². The molecule has 0 spiro atoms. The van der Waals surface area contributed by atoms with Crippen molar-refractivity contribution < 1.29 is 14.6 Å². The van der Waals surface area contributed by atoms with Crippen LogP contribution in [0.2, 0.25) is 0 Å². The minimum atomic E-state index is 0.185. The van der Waals surface area contributed by atoms with E-state index in [0.29, 0.717) is 11.7 Å². The van der Waals surface area contributed by atoms with Crippen LogP contribution >= 0.6 is 0 Å². The Labute approximate surface area is 149 Å². The van der Waals surface area contributed by atoms with Gasteiger partial charge in [0.25, 0.3) is 0 Å². The summed E-state index contributed by atoms with van der Waals surface area (Å²) >= 11 is 0. The molecule has 5 nitrogen and oxygen atoms in total. The third kappa shape index (κ3) is 4.17. The van der Waals surface area contributed by atoms with E-state index in [1.807, 2.05) is 18.2 Å². The molecule has 5 heteroatoms. The van der Waals surface area contributed by atoms with Gasteiger partial charge in [-0.3, -0.25) is 0 Å². The van der Waals surface area contributed by atoms with Crippen molar-refractivity contribution in [2.24, 2.45) is 5.92 Å². The summed E-state index contributed by atoms with van der Waals surface area (Å²) in [6.07, 6.45) is 1.17. The normalized spacial score (nSPS) is 16.9. The van der Waals surface area contributed by atoms with Crippen LogP contribution in [0.1, 0.15) is 12.0 Å². The predicted octanol–water partition coefficient (Wildman–Crippen LogP) is 3.03. The van der Waals surface area contributed by atoms with Crippen molar-refractivity contribution in [2.75, 3.05) is 38.8 Å². The fourth-order valence-corrected chi connectivity index (χ4v) is 3.38. The van der Waals surface area contributed by atoms with Gasteiger partial charge in [-0.2, -0.15) is 0 Å². The molecule has 0 bridgehead atoms. The van der Waals surface area contributed by atoms with Crippen molar-refractivity contribution in [1.29, 1.82) is 0 Å². The minimum absolute atomic E-state index is 0.185. The molecule has 2 N–H and O–H groups in total. The first kappa shape index (κ1) is 17.4. The average Bonchev–Trinajstić information content (AvgIpc) is 3.10. The number of phenols is 1. The molecule has 0 radical (unpaired) electrons. The number of ether oxygens (including phenoxy) is 2. The van der Waals surface area contributed by atoms with Gasteiger partial charge in [0.15, 0.2) is 11.5 Å². The number of nitrogens with one attached hydrogen (secondary N) is 1. The van der Waals surface area contributed by atoms with Crippen molar-refractivity contribution in [3.05, 3.63) is 48.0 Å². The molecule has 0 aliphatic carbocycles. The second-order valence-electron chi connectivity index (χ2n) is 6.41. The Morgan fingerprint density at radius 1 is 1.12 bits per heavy atom. The lowest BCUT2D eigenvalue weighted by Crippen LogP contribution is -2.26. The van der Waals surface area contributed by atoms with Gasteiger partial charge in [0.1, 0.15) is 5.75 Å². The summed E-state index contributed by atoms with van der Waals surface area (Å²) in [4.78, 5) is 2.39. The molecule has 0 aromatic heterocycles. The van der Waals surface area contributed by atoms with Crippen LogP contribution in [-0.4, -0.2) is 39.0 Å². The van der Waals surface area contributed by atoms with E-state index in [1.54, 1.807) is 26.4 Å². The fourth-order valence-electron chi connectivity index (χ4n) is 3.38. The highest BCUT2D eigenvalue weighted by molar-refractivity contribution is 5.59. The zero-order valence-corrected chi connectivity index (χ0v) is 14.9. The number of methoxy groups -OCH3 is 2. The molecule has 1 atom stereocenters. The molecule has 25 heavy (non-hydrogen) atoms. The number of nitrogens with zero attached hydrogens (tertiary/aromatic N) is 1. The zero-order valence-electron chi connectivity index (χ0n) is 14.9. The molecule has 134 valence electrons. The first-order valence-corrected chi connectivity index (χ1v) is 8.66. The van der Waals surface area contributed by atoms with Crippen molar-refractivity contribution >= 4 is 5.69 Å². The number of hydrogen-bond acceptors (Lipinski definition) is 5. The maximum Gasteiger partial charge on any atom is 0.160 e. The molecule has 0 unspecified atom stereocenters. The van der Waals surface area contributed by atoms with E-state index in [9.17, 15) is 5.11 Å².